The number of Topliss-reactive ketones (excluding diaryl/α,β-unsaturated/α-hetero) is 1. The Labute approximate surface area is 72.0 Å². The maximum atomic E-state index is 9.48. The number of carboxylic acids is 1. The molecule has 0 atom stereocenters. The molecule has 4 heteroatoms. The molecule has 0 amide bonds. The highest BCUT2D eigenvalue weighted by Crippen LogP contribution is 1.91. The van der Waals surface area contributed by atoms with Crippen molar-refractivity contribution in [2.24, 2.45) is 0 Å². The second kappa shape index (κ2) is 6.79. The number of hydrogen-bond donors (Lipinski definition) is 1. The highest BCUT2D eigenvalue weighted by Gasteiger charge is 1.97. The molecule has 2 N–H and O–H groups in total. The first kappa shape index (κ1) is 11.1. The Morgan fingerprint density at radius 1 is 1.17 bits per heavy atom. The molecule has 1 aliphatic rings. The van der Waals surface area contributed by atoms with Gasteiger partial charge in [0.25, 0.3) is 0 Å². The number of rotatable bonds is 1. The summed E-state index contributed by atoms with van der Waals surface area (Å²) in [6.45, 7) is 3.69. The standard InChI is InChI=1S/C5H11N.C3H4O3/c1-2-4-6-5-3-1;1-2(4)3(5)6/h6H,1-5H2;1H3,(H,5,6). The van der Waals surface area contributed by atoms with Gasteiger partial charge in [0, 0.05) is 6.92 Å². The van der Waals surface area contributed by atoms with Crippen LogP contribution in [0.2, 0.25) is 0 Å². The fourth-order valence-electron chi connectivity index (χ4n) is 0.898. The number of hydrogen-bond acceptors (Lipinski definition) is 3. The molecule has 0 bridgehead atoms. The molecule has 1 aliphatic heterocycles. The van der Waals surface area contributed by atoms with Crippen LogP contribution in [0.3, 0.4) is 0 Å². The van der Waals surface area contributed by atoms with Crippen LogP contribution in [0.25, 0.3) is 0 Å². The molecule has 0 saturated carbocycles. The van der Waals surface area contributed by atoms with Gasteiger partial charge in [-0.05, 0) is 19.3 Å². The Bertz CT molecular complexity index is 129. The lowest BCUT2D eigenvalue weighted by Gasteiger charge is -2.05. The Balaban J connectivity index is 0.000000202. The van der Waals surface area contributed by atoms with E-state index in [0.717, 1.165) is 6.92 Å². The highest BCUT2D eigenvalue weighted by atomic mass is 16.4. The van der Waals surface area contributed by atoms with Crippen molar-refractivity contribution in [2.75, 3.05) is 13.1 Å². The molecule has 0 aromatic heterocycles. The number of ketones is 1. The minimum absolute atomic E-state index is 0.935. The van der Waals surface area contributed by atoms with Crippen LogP contribution >= 0.6 is 0 Å². The van der Waals surface area contributed by atoms with E-state index in [-0.39, 0.29) is 0 Å². The summed E-state index contributed by atoms with van der Waals surface area (Å²) in [6.07, 6.45) is 4.36. The molecule has 0 aromatic carbocycles. The lowest BCUT2D eigenvalue weighted by Crippen LogP contribution is -2.85. The minimum atomic E-state index is -1.63. The van der Waals surface area contributed by atoms with Gasteiger partial charge in [-0.3, -0.25) is 4.79 Å². The Morgan fingerprint density at radius 2 is 1.58 bits per heavy atom. The van der Waals surface area contributed by atoms with E-state index in [1.54, 1.807) is 0 Å². The summed E-state index contributed by atoms with van der Waals surface area (Å²) >= 11 is 0. The predicted octanol–water partition coefficient (Wildman–Crippen LogP) is -1.94. The van der Waals surface area contributed by atoms with E-state index in [1.807, 2.05) is 0 Å². The van der Waals surface area contributed by atoms with E-state index >= 15 is 0 Å². The zero-order valence-electron chi connectivity index (χ0n) is 7.34. The second-order valence-corrected chi connectivity index (χ2v) is 2.77. The van der Waals surface area contributed by atoms with E-state index in [1.165, 1.54) is 32.4 Å². The number of carbonyl (C=O) groups excluding carboxylic acids is 2. The third-order valence-electron chi connectivity index (χ3n) is 1.60. The van der Waals surface area contributed by atoms with Crippen molar-refractivity contribution >= 4 is 11.8 Å². The van der Waals surface area contributed by atoms with Crippen LogP contribution < -0.4 is 10.4 Å². The molecule has 4 nitrogen and oxygen atoms in total. The lowest BCUT2D eigenvalue weighted by molar-refractivity contribution is -0.662. The molecule has 70 valence electrons. The first-order valence-electron chi connectivity index (χ1n) is 4.18. The average molecular weight is 173 g/mol. The van der Waals surface area contributed by atoms with Gasteiger partial charge in [-0.15, -0.1) is 0 Å². The van der Waals surface area contributed by atoms with Gasteiger partial charge in [-0.1, -0.05) is 0 Å². The van der Waals surface area contributed by atoms with Crippen molar-refractivity contribution in [3.05, 3.63) is 0 Å². The monoisotopic (exact) mass is 173 g/mol. The largest absolute Gasteiger partial charge is 0.542 e. The van der Waals surface area contributed by atoms with Gasteiger partial charge in [-0.25, -0.2) is 0 Å². The number of piperidine rings is 1. The van der Waals surface area contributed by atoms with Crippen LogP contribution in [0.15, 0.2) is 0 Å². The van der Waals surface area contributed by atoms with Gasteiger partial charge >= 0.3 is 0 Å². The average Bonchev–Trinajstić information content (AvgIpc) is 2.08. The summed E-state index contributed by atoms with van der Waals surface area (Å²) in [5.74, 6) is -2.56. The Kier molecular flexibility index (Phi) is 6.28. The van der Waals surface area contributed by atoms with Crippen LogP contribution in [0.5, 0.6) is 0 Å². The van der Waals surface area contributed by atoms with Crippen LogP contribution in [0.1, 0.15) is 26.2 Å². The normalized spacial score (nSPS) is 15.8. The molecule has 0 radical (unpaired) electrons. The van der Waals surface area contributed by atoms with Gasteiger partial charge in [0.05, 0.1) is 13.1 Å². The van der Waals surface area contributed by atoms with Crippen molar-refractivity contribution in [2.45, 2.75) is 26.2 Å². The third kappa shape index (κ3) is 7.21. The fraction of sp³-hybridized carbons (Fsp3) is 0.750. The predicted molar refractivity (Wildman–Crippen MR) is 41.2 cm³/mol. The summed E-state index contributed by atoms with van der Waals surface area (Å²) in [5.41, 5.74) is 0. The summed E-state index contributed by atoms with van der Waals surface area (Å²) in [7, 11) is 0. The highest BCUT2D eigenvalue weighted by molar-refractivity contribution is 6.30. The summed E-state index contributed by atoms with van der Waals surface area (Å²) in [5, 5.41) is 11.6. The second-order valence-electron chi connectivity index (χ2n) is 2.77. The van der Waals surface area contributed by atoms with Crippen LogP contribution in [0, 0.1) is 0 Å². The van der Waals surface area contributed by atoms with E-state index in [4.69, 9.17) is 0 Å². The number of nitrogens with two attached hydrogens (primary N) is 1. The van der Waals surface area contributed by atoms with Gasteiger partial charge in [-0.2, -0.15) is 0 Å². The van der Waals surface area contributed by atoms with Crippen molar-refractivity contribution in [1.29, 1.82) is 0 Å². The van der Waals surface area contributed by atoms with E-state index in [2.05, 4.69) is 5.32 Å². The van der Waals surface area contributed by atoms with E-state index in [0.29, 0.717) is 0 Å². The van der Waals surface area contributed by atoms with Crippen molar-refractivity contribution in [1.82, 2.24) is 0 Å². The maximum absolute atomic E-state index is 9.48. The SMILES string of the molecule is C1CC[NH2+]CC1.CC(=O)C(=O)[O-]. The minimum Gasteiger partial charge on any atom is -0.542 e. The molecule has 0 unspecified atom stereocenters. The molecule has 1 heterocycles. The molecular formula is C8H15NO3. The summed E-state index contributed by atoms with van der Waals surface area (Å²) in [6, 6.07) is 0. The maximum Gasteiger partial charge on any atom is 0.175 e. The number of carboxylic acid groups (broad SMARTS) is 1. The lowest BCUT2D eigenvalue weighted by atomic mass is 10.2. The third-order valence-corrected chi connectivity index (χ3v) is 1.60. The van der Waals surface area contributed by atoms with E-state index < -0.39 is 11.8 Å². The Hall–Kier alpha value is -0.900. The molecule has 0 aliphatic carbocycles. The zero-order valence-corrected chi connectivity index (χ0v) is 7.34. The molecule has 1 fully saturated rings. The summed E-state index contributed by atoms with van der Waals surface area (Å²) < 4.78 is 0. The van der Waals surface area contributed by atoms with Crippen molar-refractivity contribution < 1.29 is 20.0 Å². The van der Waals surface area contributed by atoms with Crippen molar-refractivity contribution in [3.8, 4) is 0 Å². The zero-order chi connectivity index (χ0) is 9.40. The van der Waals surface area contributed by atoms with E-state index in [9.17, 15) is 14.7 Å². The van der Waals surface area contributed by atoms with Gasteiger partial charge < -0.3 is 15.2 Å². The first-order valence-corrected chi connectivity index (χ1v) is 4.18. The molecule has 1 rings (SSSR count). The molecule has 0 aromatic rings. The van der Waals surface area contributed by atoms with Crippen LogP contribution in [-0.2, 0) is 9.59 Å². The molecular weight excluding hydrogens is 158 g/mol. The molecule has 1 saturated heterocycles. The number of carbonyl (C=O) groups is 2. The molecule has 0 spiro atoms. The molecule has 12 heavy (non-hydrogen) atoms. The van der Waals surface area contributed by atoms with Crippen LogP contribution in [-0.4, -0.2) is 24.8 Å². The van der Waals surface area contributed by atoms with Crippen LogP contribution in [0.4, 0.5) is 0 Å². The van der Waals surface area contributed by atoms with Gasteiger partial charge in [0.2, 0.25) is 0 Å². The van der Waals surface area contributed by atoms with Crippen molar-refractivity contribution in [3.63, 3.8) is 0 Å². The number of quaternary nitrogens is 1. The number of aliphatic carboxylic acids is 1. The van der Waals surface area contributed by atoms with Gasteiger partial charge in [0.1, 0.15) is 5.97 Å². The Morgan fingerprint density at radius 3 is 1.67 bits per heavy atom. The smallest absolute Gasteiger partial charge is 0.175 e. The topological polar surface area (TPSA) is 73.8 Å². The first-order chi connectivity index (χ1) is 5.64. The fourth-order valence-corrected chi connectivity index (χ4v) is 0.898. The quantitative estimate of drug-likeness (QED) is 0.469. The summed E-state index contributed by atoms with van der Waals surface area (Å²) in [4.78, 5) is 18.7. The van der Waals surface area contributed by atoms with Gasteiger partial charge in [0.15, 0.2) is 5.78 Å².